The third-order valence-electron chi connectivity index (χ3n) is 5.71. The van der Waals surface area contributed by atoms with Gasteiger partial charge in [0.1, 0.15) is 0 Å². The maximum absolute atomic E-state index is 9.43. The number of rotatable bonds is 12. The van der Waals surface area contributed by atoms with Crippen LogP contribution in [0.5, 0.6) is 0 Å². The second-order valence-corrected chi connectivity index (χ2v) is 13.4. The normalized spacial score (nSPS) is 13.8. The van der Waals surface area contributed by atoms with Crippen LogP contribution in [0.3, 0.4) is 0 Å². The number of aliphatic hydroxyl groups is 1. The van der Waals surface area contributed by atoms with Crippen molar-refractivity contribution in [2.45, 2.75) is 70.9 Å². The van der Waals surface area contributed by atoms with Crippen molar-refractivity contribution in [1.82, 2.24) is 0 Å². The van der Waals surface area contributed by atoms with Crippen molar-refractivity contribution in [3.8, 4) is 0 Å². The van der Waals surface area contributed by atoms with Gasteiger partial charge >= 0.3 is 0 Å². The molecule has 0 spiro atoms. The Labute approximate surface area is 190 Å². The van der Waals surface area contributed by atoms with Crippen LogP contribution in [0.4, 0.5) is 0 Å². The van der Waals surface area contributed by atoms with Crippen molar-refractivity contribution in [1.29, 1.82) is 0 Å². The lowest BCUT2D eigenvalue weighted by Crippen LogP contribution is -2.67. The predicted molar refractivity (Wildman–Crippen MR) is 137 cm³/mol. The maximum Gasteiger partial charge on any atom is 0.261 e. The Morgan fingerprint density at radius 3 is 1.94 bits per heavy atom. The number of hydrogen-bond acceptors (Lipinski definition) is 2. The van der Waals surface area contributed by atoms with Crippen LogP contribution in [0.15, 0.2) is 85.0 Å². The van der Waals surface area contributed by atoms with Crippen molar-refractivity contribution in [3.63, 3.8) is 0 Å². The number of unbranched alkanes of at least 4 members (excludes halogenated alkanes) is 3. The molecule has 0 aliphatic carbocycles. The Morgan fingerprint density at radius 2 is 1.45 bits per heavy atom. The third kappa shape index (κ3) is 7.03. The molecule has 168 valence electrons. The molecule has 3 heteroatoms. The van der Waals surface area contributed by atoms with E-state index in [4.69, 9.17) is 4.43 Å². The summed E-state index contributed by atoms with van der Waals surface area (Å²) in [4.78, 5) is 0. The second kappa shape index (κ2) is 12.8. The van der Waals surface area contributed by atoms with Crippen LogP contribution < -0.4 is 10.4 Å². The lowest BCUT2D eigenvalue weighted by molar-refractivity contribution is 0.234. The van der Waals surface area contributed by atoms with Crippen LogP contribution in [0, 0.1) is 0 Å². The molecule has 0 radical (unpaired) electrons. The van der Waals surface area contributed by atoms with Crippen molar-refractivity contribution >= 4 is 18.7 Å². The van der Waals surface area contributed by atoms with E-state index in [2.05, 4.69) is 101 Å². The Kier molecular flexibility index (Phi) is 10.5. The fourth-order valence-electron chi connectivity index (χ4n) is 4.16. The molecule has 0 unspecified atom stereocenters. The fraction of sp³-hybridized carbons (Fsp3) is 0.429. The Morgan fingerprint density at radius 1 is 0.871 bits per heavy atom. The average Bonchev–Trinajstić information content (AvgIpc) is 2.77. The molecule has 2 nitrogen and oxygen atoms in total. The molecule has 0 heterocycles. The lowest BCUT2D eigenvalue weighted by atomic mass is 10.1. The number of hydrogen-bond donors (Lipinski definition) is 1. The summed E-state index contributed by atoms with van der Waals surface area (Å²) < 4.78 is 7.19. The van der Waals surface area contributed by atoms with Gasteiger partial charge in [0.15, 0.2) is 0 Å². The summed E-state index contributed by atoms with van der Waals surface area (Å²) in [7, 11) is -2.61. The van der Waals surface area contributed by atoms with Gasteiger partial charge in [0.2, 0.25) is 0 Å². The van der Waals surface area contributed by atoms with Crippen LogP contribution in [0.1, 0.15) is 59.8 Å². The van der Waals surface area contributed by atoms with Gasteiger partial charge in [-0.3, -0.25) is 0 Å². The molecular formula is C28H40O2Si. The van der Waals surface area contributed by atoms with E-state index in [0.29, 0.717) is 0 Å². The van der Waals surface area contributed by atoms with Gasteiger partial charge in [-0.05, 0) is 34.7 Å². The van der Waals surface area contributed by atoms with Gasteiger partial charge < -0.3 is 9.53 Å². The van der Waals surface area contributed by atoms with Crippen molar-refractivity contribution in [3.05, 3.63) is 85.0 Å². The van der Waals surface area contributed by atoms with Crippen LogP contribution in [-0.2, 0) is 4.43 Å². The Bertz CT molecular complexity index is 751. The van der Waals surface area contributed by atoms with E-state index in [9.17, 15) is 5.11 Å². The second-order valence-electron chi connectivity index (χ2n) is 9.13. The summed E-state index contributed by atoms with van der Waals surface area (Å²) >= 11 is 0. The van der Waals surface area contributed by atoms with E-state index >= 15 is 0 Å². The highest BCUT2D eigenvalue weighted by molar-refractivity contribution is 6.99. The zero-order chi connectivity index (χ0) is 22.6. The molecule has 2 aromatic carbocycles. The summed E-state index contributed by atoms with van der Waals surface area (Å²) in [6, 6.07) is 21.5. The molecule has 1 atom stereocenters. The van der Waals surface area contributed by atoms with E-state index in [1.807, 2.05) is 12.2 Å². The first kappa shape index (κ1) is 25.3. The van der Waals surface area contributed by atoms with Gasteiger partial charge in [0, 0.05) is 0 Å². The monoisotopic (exact) mass is 436 g/mol. The highest BCUT2D eigenvalue weighted by Gasteiger charge is 2.51. The van der Waals surface area contributed by atoms with Crippen LogP contribution >= 0.6 is 0 Å². The fourth-order valence-corrected chi connectivity index (χ4v) is 8.80. The SMILES string of the molecule is CCCCC/C=C\C[C@@H](/C=C/CO)O[Si](c1ccccc1)(c1ccccc1)C(C)(C)C. The first-order valence-electron chi connectivity index (χ1n) is 11.7. The molecule has 0 aromatic heterocycles. The van der Waals surface area contributed by atoms with Crippen LogP contribution in [-0.4, -0.2) is 26.1 Å². The summed E-state index contributed by atoms with van der Waals surface area (Å²) in [6.45, 7) is 9.16. The van der Waals surface area contributed by atoms with Gasteiger partial charge in [0.25, 0.3) is 8.32 Å². The molecular weight excluding hydrogens is 396 g/mol. The first-order valence-corrected chi connectivity index (χ1v) is 13.6. The van der Waals surface area contributed by atoms with Gasteiger partial charge in [-0.2, -0.15) is 0 Å². The Balaban J connectivity index is 2.45. The molecule has 0 aliphatic rings. The highest BCUT2D eigenvalue weighted by Crippen LogP contribution is 2.38. The summed E-state index contributed by atoms with van der Waals surface area (Å²) in [5.41, 5.74) is 0. The zero-order valence-corrected chi connectivity index (χ0v) is 20.8. The number of allylic oxidation sites excluding steroid dienone is 1. The lowest BCUT2D eigenvalue weighted by Gasteiger charge is -2.44. The van der Waals surface area contributed by atoms with Gasteiger partial charge in [-0.1, -0.05) is 126 Å². The predicted octanol–water partition coefficient (Wildman–Crippen LogP) is 6.01. The summed E-state index contributed by atoms with van der Waals surface area (Å²) in [6.07, 6.45) is 14.0. The minimum Gasteiger partial charge on any atom is -0.401 e. The topological polar surface area (TPSA) is 29.5 Å². The molecule has 0 amide bonds. The van der Waals surface area contributed by atoms with Crippen LogP contribution in [0.2, 0.25) is 5.04 Å². The summed E-state index contributed by atoms with van der Waals surface area (Å²) in [5, 5.41) is 11.9. The van der Waals surface area contributed by atoms with Crippen molar-refractivity contribution < 1.29 is 9.53 Å². The molecule has 2 rings (SSSR count). The molecule has 1 N–H and O–H groups in total. The van der Waals surface area contributed by atoms with E-state index < -0.39 is 8.32 Å². The maximum atomic E-state index is 9.43. The smallest absolute Gasteiger partial charge is 0.261 e. The third-order valence-corrected chi connectivity index (χ3v) is 10.8. The minimum absolute atomic E-state index is 0.0286. The van der Waals surface area contributed by atoms with Gasteiger partial charge in [-0.15, -0.1) is 0 Å². The average molecular weight is 437 g/mol. The van der Waals surface area contributed by atoms with E-state index in [-0.39, 0.29) is 17.7 Å². The van der Waals surface area contributed by atoms with E-state index in [1.54, 1.807) is 0 Å². The molecule has 0 aliphatic heterocycles. The largest absolute Gasteiger partial charge is 0.401 e. The molecule has 31 heavy (non-hydrogen) atoms. The van der Waals surface area contributed by atoms with Crippen molar-refractivity contribution in [2.24, 2.45) is 0 Å². The van der Waals surface area contributed by atoms with Gasteiger partial charge in [0.05, 0.1) is 12.7 Å². The standard InChI is InChI=1S/C28H40O2Si/c1-5-6-7-8-9-12-18-25(19-17-24-29)30-31(28(2,3)4,26-20-13-10-14-21-26)27-22-15-11-16-23-27/h9-17,19-23,25,29H,5-8,18,24H2,1-4H3/b12-9-,19-17+/t25-/m0/s1. The number of aliphatic hydroxyl groups excluding tert-OH is 1. The molecule has 0 saturated heterocycles. The highest BCUT2D eigenvalue weighted by atomic mass is 28.4. The van der Waals surface area contributed by atoms with Crippen molar-refractivity contribution in [2.75, 3.05) is 6.61 Å². The molecule has 0 fully saturated rings. The zero-order valence-electron chi connectivity index (χ0n) is 19.8. The number of benzene rings is 2. The van der Waals surface area contributed by atoms with E-state index in [1.165, 1.54) is 29.6 Å². The quantitative estimate of drug-likeness (QED) is 0.251. The summed E-state index contributed by atoms with van der Waals surface area (Å²) in [5.74, 6) is 0. The molecule has 0 bridgehead atoms. The van der Waals surface area contributed by atoms with Crippen LogP contribution in [0.25, 0.3) is 0 Å². The molecule has 2 aromatic rings. The van der Waals surface area contributed by atoms with E-state index in [0.717, 1.165) is 12.8 Å². The molecule has 0 saturated carbocycles. The Hall–Kier alpha value is -1.94. The van der Waals surface area contributed by atoms with Gasteiger partial charge in [-0.25, -0.2) is 0 Å². The first-order chi connectivity index (χ1) is 15.0. The minimum atomic E-state index is -2.61.